The second-order valence-electron chi connectivity index (χ2n) is 8.15. The summed E-state index contributed by atoms with van der Waals surface area (Å²) in [5, 5.41) is 2.74. The van der Waals surface area contributed by atoms with Gasteiger partial charge in [-0.25, -0.2) is 4.39 Å². The third kappa shape index (κ3) is 3.17. The molecule has 3 heterocycles. The average molecular weight is 431 g/mol. The molecule has 3 aromatic heterocycles. The van der Waals surface area contributed by atoms with Crippen LogP contribution in [0.2, 0.25) is 0 Å². The number of para-hydroxylation sites is 1. The summed E-state index contributed by atoms with van der Waals surface area (Å²) < 4.78 is 15.6. The predicted octanol–water partition coefficient (Wildman–Crippen LogP) is 6.20. The molecule has 158 valence electrons. The van der Waals surface area contributed by atoms with Crippen LogP contribution in [0.1, 0.15) is 5.56 Å². The summed E-state index contributed by atoms with van der Waals surface area (Å²) in [6, 6.07) is 24.1. The molecule has 4 nitrogen and oxygen atoms in total. The van der Waals surface area contributed by atoms with E-state index >= 15 is 0 Å². The van der Waals surface area contributed by atoms with Crippen LogP contribution in [0.5, 0.6) is 0 Å². The van der Waals surface area contributed by atoms with Gasteiger partial charge in [-0.1, -0.05) is 24.3 Å². The van der Waals surface area contributed by atoms with Crippen LogP contribution in [-0.2, 0) is 0 Å². The Morgan fingerprint density at radius 1 is 0.758 bits per heavy atom. The van der Waals surface area contributed by atoms with E-state index in [0.717, 1.165) is 43.8 Å². The summed E-state index contributed by atoms with van der Waals surface area (Å²) >= 11 is 0. The second kappa shape index (κ2) is 7.35. The van der Waals surface area contributed by atoms with Crippen LogP contribution >= 0.6 is 0 Å². The van der Waals surface area contributed by atoms with Gasteiger partial charge in [0.15, 0.2) is 0 Å². The van der Waals surface area contributed by atoms with E-state index in [9.17, 15) is 9.18 Å². The molecule has 6 rings (SSSR count). The Labute approximate surface area is 188 Å². The fourth-order valence-corrected chi connectivity index (χ4v) is 4.34. The smallest absolute Gasteiger partial charge is 0.255 e. The van der Waals surface area contributed by atoms with Crippen molar-refractivity contribution in [2.24, 2.45) is 0 Å². The van der Waals surface area contributed by atoms with Crippen molar-refractivity contribution in [2.45, 2.75) is 6.92 Å². The first kappa shape index (κ1) is 19.3. The van der Waals surface area contributed by atoms with Crippen molar-refractivity contribution in [3.05, 3.63) is 113 Å². The van der Waals surface area contributed by atoms with Gasteiger partial charge >= 0.3 is 0 Å². The number of pyridine rings is 3. The predicted molar refractivity (Wildman–Crippen MR) is 130 cm³/mol. The van der Waals surface area contributed by atoms with Gasteiger partial charge in [0.25, 0.3) is 5.56 Å². The Morgan fingerprint density at radius 2 is 1.61 bits per heavy atom. The Bertz CT molecular complexity index is 1770. The lowest BCUT2D eigenvalue weighted by molar-refractivity contribution is 0.618. The number of nitrogens with zero attached hydrogens (tertiary/aromatic N) is 3. The Kier molecular flexibility index (Phi) is 4.30. The van der Waals surface area contributed by atoms with E-state index in [1.807, 2.05) is 48.7 Å². The summed E-state index contributed by atoms with van der Waals surface area (Å²) in [6.45, 7) is 1.69. The van der Waals surface area contributed by atoms with Crippen molar-refractivity contribution in [2.75, 3.05) is 0 Å². The fourth-order valence-electron chi connectivity index (χ4n) is 4.34. The molecule has 0 saturated carbocycles. The molecule has 0 saturated heterocycles. The Hall–Kier alpha value is -4.38. The van der Waals surface area contributed by atoms with Crippen molar-refractivity contribution in [3.8, 4) is 16.8 Å². The maximum atomic E-state index is 13.9. The van der Waals surface area contributed by atoms with E-state index in [4.69, 9.17) is 0 Å². The summed E-state index contributed by atoms with van der Waals surface area (Å²) in [5.41, 5.74) is 5.34. The van der Waals surface area contributed by atoms with E-state index in [-0.39, 0.29) is 11.4 Å². The third-order valence-electron chi connectivity index (χ3n) is 6.04. The molecule has 5 heteroatoms. The van der Waals surface area contributed by atoms with Crippen molar-refractivity contribution in [1.29, 1.82) is 0 Å². The third-order valence-corrected chi connectivity index (χ3v) is 6.04. The number of benzene rings is 3. The first-order chi connectivity index (χ1) is 16.1. The standard InChI is InChI=1S/C28H18FN3O/c1-17-12-22(8-9-24(17)29)32-27(33)11-7-20-15-31-26-10-6-18(14-23(26)28(20)32)21-13-19-4-2-3-5-25(19)30-16-21/h2-16H,1H3. The molecule has 0 spiro atoms. The zero-order valence-corrected chi connectivity index (χ0v) is 17.8. The molecule has 0 fully saturated rings. The van der Waals surface area contributed by atoms with Crippen molar-refractivity contribution in [1.82, 2.24) is 14.5 Å². The summed E-state index contributed by atoms with van der Waals surface area (Å²) in [7, 11) is 0. The van der Waals surface area contributed by atoms with Crippen molar-refractivity contribution in [3.63, 3.8) is 0 Å². The summed E-state index contributed by atoms with van der Waals surface area (Å²) in [5.74, 6) is -0.301. The molecule has 0 unspecified atom stereocenters. The number of fused-ring (bicyclic) bond motifs is 4. The molecule has 33 heavy (non-hydrogen) atoms. The molecule has 0 aliphatic rings. The molecule has 0 radical (unpaired) electrons. The number of halogens is 1. The number of aryl methyl sites for hydroxylation is 1. The maximum Gasteiger partial charge on any atom is 0.255 e. The molecule has 0 atom stereocenters. The van der Waals surface area contributed by atoms with E-state index in [0.29, 0.717) is 11.3 Å². The van der Waals surface area contributed by atoms with Crippen molar-refractivity contribution < 1.29 is 4.39 Å². The normalized spacial score (nSPS) is 11.5. The van der Waals surface area contributed by atoms with Gasteiger partial charge in [0.2, 0.25) is 0 Å². The number of hydrogen-bond donors (Lipinski definition) is 0. The zero-order chi connectivity index (χ0) is 22.5. The Morgan fingerprint density at radius 3 is 2.48 bits per heavy atom. The first-order valence-electron chi connectivity index (χ1n) is 10.6. The fraction of sp³-hybridized carbons (Fsp3) is 0.0357. The van der Waals surface area contributed by atoms with Crippen molar-refractivity contribution >= 4 is 32.7 Å². The van der Waals surface area contributed by atoms with Gasteiger partial charge in [-0.15, -0.1) is 0 Å². The number of hydrogen-bond acceptors (Lipinski definition) is 3. The molecule has 0 aliphatic heterocycles. The minimum atomic E-state index is -0.301. The lowest BCUT2D eigenvalue weighted by Gasteiger charge is -2.14. The van der Waals surface area contributed by atoms with Crippen LogP contribution in [0.25, 0.3) is 49.5 Å². The molecule has 6 aromatic rings. The lowest BCUT2D eigenvalue weighted by Crippen LogP contribution is -2.18. The molecule has 0 amide bonds. The highest BCUT2D eigenvalue weighted by Gasteiger charge is 2.13. The summed E-state index contributed by atoms with van der Waals surface area (Å²) in [6.07, 6.45) is 3.62. The topological polar surface area (TPSA) is 47.8 Å². The van der Waals surface area contributed by atoms with Gasteiger partial charge in [-0.05, 0) is 66.6 Å². The van der Waals surface area contributed by atoms with E-state index in [2.05, 4.69) is 16.0 Å². The minimum Gasteiger partial charge on any atom is -0.276 e. The van der Waals surface area contributed by atoms with Crippen LogP contribution in [0.15, 0.2) is 96.1 Å². The van der Waals surface area contributed by atoms with E-state index in [1.165, 1.54) is 12.1 Å². The number of aromatic nitrogens is 3. The minimum absolute atomic E-state index is 0.182. The second-order valence-corrected chi connectivity index (χ2v) is 8.15. The SMILES string of the molecule is Cc1cc(-n2c(=O)ccc3cnc4ccc(-c5cnc6ccccc6c5)cc4c32)ccc1F. The quantitative estimate of drug-likeness (QED) is 0.307. The maximum absolute atomic E-state index is 13.9. The largest absolute Gasteiger partial charge is 0.276 e. The van der Waals surface area contributed by atoms with Gasteiger partial charge in [0.1, 0.15) is 5.82 Å². The van der Waals surface area contributed by atoms with Crippen LogP contribution in [-0.4, -0.2) is 14.5 Å². The van der Waals surface area contributed by atoms with Crippen LogP contribution in [0.3, 0.4) is 0 Å². The van der Waals surface area contributed by atoms with E-state index < -0.39 is 0 Å². The van der Waals surface area contributed by atoms with E-state index in [1.54, 1.807) is 35.9 Å². The molecule has 0 bridgehead atoms. The average Bonchev–Trinajstić information content (AvgIpc) is 2.85. The zero-order valence-electron chi connectivity index (χ0n) is 17.8. The first-order valence-corrected chi connectivity index (χ1v) is 10.6. The monoisotopic (exact) mass is 431 g/mol. The van der Waals surface area contributed by atoms with Gasteiger partial charge in [0, 0.05) is 45.9 Å². The molecule has 3 aromatic carbocycles. The molecular weight excluding hydrogens is 413 g/mol. The molecular formula is C28H18FN3O. The highest BCUT2D eigenvalue weighted by Crippen LogP contribution is 2.30. The van der Waals surface area contributed by atoms with Gasteiger partial charge < -0.3 is 0 Å². The van der Waals surface area contributed by atoms with Gasteiger partial charge in [-0.2, -0.15) is 0 Å². The highest BCUT2D eigenvalue weighted by atomic mass is 19.1. The van der Waals surface area contributed by atoms with Gasteiger partial charge in [-0.3, -0.25) is 19.3 Å². The highest BCUT2D eigenvalue weighted by molar-refractivity contribution is 6.05. The van der Waals surface area contributed by atoms with Crippen LogP contribution in [0, 0.1) is 12.7 Å². The van der Waals surface area contributed by atoms with Crippen LogP contribution < -0.4 is 5.56 Å². The van der Waals surface area contributed by atoms with Gasteiger partial charge in [0.05, 0.1) is 16.6 Å². The molecule has 0 N–H and O–H groups in total. The summed E-state index contributed by atoms with van der Waals surface area (Å²) in [4.78, 5) is 22.2. The number of rotatable bonds is 2. The Balaban J connectivity index is 1.66. The van der Waals surface area contributed by atoms with Crippen LogP contribution in [0.4, 0.5) is 4.39 Å². The lowest BCUT2D eigenvalue weighted by atomic mass is 10.0. The molecule has 0 aliphatic carbocycles.